The molecule has 0 spiro atoms. The van der Waals surface area contributed by atoms with Gasteiger partial charge < -0.3 is 10.6 Å². The summed E-state index contributed by atoms with van der Waals surface area (Å²) in [6.07, 6.45) is 2.74. The number of nitrogens with one attached hydrogen (secondary N) is 3. The number of hydrogen-bond donors (Lipinski definition) is 3. The molecule has 25 heavy (non-hydrogen) atoms. The first-order valence-corrected chi connectivity index (χ1v) is 9.86. The Labute approximate surface area is 156 Å². The summed E-state index contributed by atoms with van der Waals surface area (Å²) in [5, 5.41) is 6.19. The summed E-state index contributed by atoms with van der Waals surface area (Å²) in [7, 11) is -2.16. The Morgan fingerprint density at radius 3 is 2.72 bits per heavy atom. The third-order valence-electron chi connectivity index (χ3n) is 4.68. The third kappa shape index (κ3) is 5.95. The minimum atomic E-state index is -3.54. The zero-order valence-corrected chi connectivity index (χ0v) is 16.6. The number of aryl methyl sites for hydroxylation is 1. The molecule has 0 bridgehead atoms. The van der Waals surface area contributed by atoms with E-state index in [1.54, 1.807) is 19.1 Å². The van der Waals surface area contributed by atoms with Gasteiger partial charge in [-0.3, -0.25) is 4.79 Å². The van der Waals surface area contributed by atoms with Gasteiger partial charge in [-0.2, -0.15) is 0 Å². The van der Waals surface area contributed by atoms with E-state index in [-0.39, 0.29) is 23.2 Å². The van der Waals surface area contributed by atoms with Crippen LogP contribution < -0.4 is 15.4 Å². The van der Waals surface area contributed by atoms with Crippen LogP contribution in [0.1, 0.15) is 31.7 Å². The van der Waals surface area contributed by atoms with Crippen LogP contribution in [0.5, 0.6) is 0 Å². The zero-order chi connectivity index (χ0) is 17.7. The Morgan fingerprint density at radius 2 is 2.12 bits per heavy atom. The van der Waals surface area contributed by atoms with Gasteiger partial charge in [0.05, 0.1) is 4.90 Å². The number of sulfonamides is 1. The van der Waals surface area contributed by atoms with Gasteiger partial charge in [0.1, 0.15) is 0 Å². The summed E-state index contributed by atoms with van der Waals surface area (Å²) >= 11 is 0. The average Bonchev–Trinajstić information content (AvgIpc) is 2.57. The Morgan fingerprint density at radius 1 is 1.40 bits per heavy atom. The molecule has 1 aliphatic heterocycles. The molecule has 0 aromatic heterocycles. The maximum Gasteiger partial charge on any atom is 0.240 e. The van der Waals surface area contributed by atoms with E-state index < -0.39 is 10.0 Å². The summed E-state index contributed by atoms with van der Waals surface area (Å²) < 4.78 is 26.3. The van der Waals surface area contributed by atoms with Crippen molar-refractivity contribution in [1.29, 1.82) is 0 Å². The second-order valence-electron chi connectivity index (χ2n) is 6.52. The molecule has 0 aliphatic carbocycles. The van der Waals surface area contributed by atoms with Gasteiger partial charge in [0.2, 0.25) is 15.9 Å². The van der Waals surface area contributed by atoms with E-state index in [0.29, 0.717) is 29.5 Å². The van der Waals surface area contributed by atoms with Crippen LogP contribution in [-0.2, 0) is 14.8 Å². The van der Waals surface area contributed by atoms with Crippen LogP contribution in [0.4, 0.5) is 5.69 Å². The molecule has 0 saturated carbocycles. The quantitative estimate of drug-likeness (QED) is 0.696. The molecule has 8 heteroatoms. The molecule has 6 nitrogen and oxygen atoms in total. The molecular formula is C17H28ClN3O3S. The lowest BCUT2D eigenvalue weighted by atomic mass is 9.85. The summed E-state index contributed by atoms with van der Waals surface area (Å²) in [5.74, 6) is 0.733. The molecule has 1 heterocycles. The summed E-state index contributed by atoms with van der Waals surface area (Å²) in [6.45, 7) is 5.85. The number of halogens is 1. The number of carbonyl (C=O) groups is 1. The van der Waals surface area contributed by atoms with E-state index in [9.17, 15) is 13.2 Å². The largest absolute Gasteiger partial charge is 0.326 e. The highest BCUT2D eigenvalue weighted by Gasteiger charge is 2.22. The van der Waals surface area contributed by atoms with Gasteiger partial charge in [0, 0.05) is 12.1 Å². The van der Waals surface area contributed by atoms with Crippen molar-refractivity contribution in [2.75, 3.05) is 25.5 Å². The first-order chi connectivity index (χ1) is 11.3. The van der Waals surface area contributed by atoms with Gasteiger partial charge >= 0.3 is 0 Å². The Bertz CT molecular complexity index is 688. The van der Waals surface area contributed by atoms with Gasteiger partial charge in [-0.15, -0.1) is 12.4 Å². The van der Waals surface area contributed by atoms with Crippen LogP contribution >= 0.6 is 12.4 Å². The molecule has 1 aromatic carbocycles. The van der Waals surface area contributed by atoms with Crippen LogP contribution in [0.25, 0.3) is 0 Å². The number of piperidine rings is 1. The molecule has 142 valence electrons. The first-order valence-electron chi connectivity index (χ1n) is 8.38. The Kier molecular flexibility index (Phi) is 8.34. The molecule has 1 aromatic rings. The van der Waals surface area contributed by atoms with Crippen molar-refractivity contribution >= 4 is 34.0 Å². The SMILES string of the molecule is CNS(=O)(=O)c1cc(NC(=O)CC(C)C2CCCNC2)ccc1C.Cl. The van der Waals surface area contributed by atoms with E-state index in [1.165, 1.54) is 13.1 Å². The van der Waals surface area contributed by atoms with Crippen molar-refractivity contribution in [3.05, 3.63) is 23.8 Å². The Balaban J connectivity index is 0.00000312. The summed E-state index contributed by atoms with van der Waals surface area (Å²) in [6, 6.07) is 4.94. The van der Waals surface area contributed by atoms with Crippen molar-refractivity contribution in [2.24, 2.45) is 11.8 Å². The summed E-state index contributed by atoms with van der Waals surface area (Å²) in [5.41, 5.74) is 1.15. The zero-order valence-electron chi connectivity index (χ0n) is 15.0. The number of hydrogen-bond acceptors (Lipinski definition) is 4. The van der Waals surface area contributed by atoms with Gasteiger partial charge in [0.15, 0.2) is 0 Å². The maximum atomic E-state index is 12.3. The van der Waals surface area contributed by atoms with E-state index in [0.717, 1.165) is 25.9 Å². The van der Waals surface area contributed by atoms with Crippen molar-refractivity contribution in [2.45, 2.75) is 38.0 Å². The van der Waals surface area contributed by atoms with Crippen LogP contribution in [0.3, 0.4) is 0 Å². The smallest absolute Gasteiger partial charge is 0.240 e. The lowest BCUT2D eigenvalue weighted by Gasteiger charge is -2.28. The molecule has 3 N–H and O–H groups in total. The van der Waals surface area contributed by atoms with Crippen LogP contribution in [0.15, 0.2) is 23.1 Å². The fraction of sp³-hybridized carbons (Fsp3) is 0.588. The number of benzene rings is 1. The van der Waals surface area contributed by atoms with Gasteiger partial charge in [-0.05, 0) is 69.4 Å². The molecule has 0 radical (unpaired) electrons. The fourth-order valence-corrected chi connectivity index (χ4v) is 4.11. The fourth-order valence-electron chi connectivity index (χ4n) is 3.11. The van der Waals surface area contributed by atoms with Crippen molar-refractivity contribution in [3.8, 4) is 0 Å². The highest BCUT2D eigenvalue weighted by atomic mass is 35.5. The van der Waals surface area contributed by atoms with Crippen LogP contribution in [-0.4, -0.2) is 34.5 Å². The summed E-state index contributed by atoms with van der Waals surface area (Å²) in [4.78, 5) is 12.5. The Hall–Kier alpha value is -1.15. The molecule has 2 atom stereocenters. The second-order valence-corrected chi connectivity index (χ2v) is 8.38. The van der Waals surface area contributed by atoms with Crippen LogP contribution in [0.2, 0.25) is 0 Å². The molecule has 2 rings (SSSR count). The third-order valence-corrected chi connectivity index (χ3v) is 6.23. The lowest BCUT2D eigenvalue weighted by molar-refractivity contribution is -0.117. The standard InChI is InChI=1S/C17H27N3O3S.ClH/c1-12-6-7-15(10-16(12)24(22,23)18-3)20-17(21)9-13(2)14-5-4-8-19-11-14;/h6-7,10,13-14,18-19H,4-5,8-9,11H2,1-3H3,(H,20,21);1H. The molecule has 1 saturated heterocycles. The van der Waals surface area contributed by atoms with Gasteiger partial charge in [0.25, 0.3) is 0 Å². The number of amides is 1. The van der Waals surface area contributed by atoms with Crippen molar-refractivity contribution in [1.82, 2.24) is 10.0 Å². The topological polar surface area (TPSA) is 87.3 Å². The molecule has 2 unspecified atom stereocenters. The highest BCUT2D eigenvalue weighted by molar-refractivity contribution is 7.89. The number of rotatable bonds is 6. The molecular weight excluding hydrogens is 362 g/mol. The minimum absolute atomic E-state index is 0. The average molecular weight is 390 g/mol. The van der Waals surface area contributed by atoms with E-state index in [1.807, 2.05) is 0 Å². The molecule has 1 fully saturated rings. The highest BCUT2D eigenvalue weighted by Crippen LogP contribution is 2.24. The second kappa shape index (κ2) is 9.52. The monoisotopic (exact) mass is 389 g/mol. The predicted octanol–water partition coefficient (Wildman–Crippen LogP) is 2.29. The molecule has 1 amide bonds. The van der Waals surface area contributed by atoms with Gasteiger partial charge in [-0.1, -0.05) is 13.0 Å². The molecule has 1 aliphatic rings. The van der Waals surface area contributed by atoms with E-state index >= 15 is 0 Å². The normalized spacial score (nSPS) is 18.9. The lowest BCUT2D eigenvalue weighted by Crippen LogP contribution is -2.34. The van der Waals surface area contributed by atoms with E-state index in [2.05, 4.69) is 22.3 Å². The minimum Gasteiger partial charge on any atom is -0.326 e. The van der Waals surface area contributed by atoms with E-state index in [4.69, 9.17) is 0 Å². The predicted molar refractivity (Wildman–Crippen MR) is 103 cm³/mol. The maximum absolute atomic E-state index is 12.3. The van der Waals surface area contributed by atoms with Crippen molar-refractivity contribution < 1.29 is 13.2 Å². The first kappa shape index (κ1) is 21.9. The van der Waals surface area contributed by atoms with Gasteiger partial charge in [-0.25, -0.2) is 13.1 Å². The number of carbonyl (C=O) groups excluding carboxylic acids is 1. The van der Waals surface area contributed by atoms with Crippen LogP contribution in [0, 0.1) is 18.8 Å². The van der Waals surface area contributed by atoms with Crippen molar-refractivity contribution in [3.63, 3.8) is 0 Å². The number of anilines is 1.